The number of hydrazine groups is 1. The van der Waals surface area contributed by atoms with Gasteiger partial charge in [0, 0.05) is 17.8 Å². The molecule has 2 heterocycles. The Morgan fingerprint density at radius 3 is 2.95 bits per heavy atom. The van der Waals surface area contributed by atoms with E-state index in [4.69, 9.17) is 5.84 Å². The van der Waals surface area contributed by atoms with E-state index in [0.717, 1.165) is 11.4 Å². The highest BCUT2D eigenvalue weighted by Gasteiger charge is 2.18. The molecule has 0 radical (unpaired) electrons. The first-order chi connectivity index (χ1) is 9.26. The molecule has 6 nitrogen and oxygen atoms in total. The van der Waals surface area contributed by atoms with Crippen LogP contribution in [-0.2, 0) is 0 Å². The predicted octanol–water partition coefficient (Wildman–Crippen LogP) is 1.70. The van der Waals surface area contributed by atoms with E-state index >= 15 is 0 Å². The first kappa shape index (κ1) is 13.4. The molecule has 0 saturated carbocycles. The Bertz CT molecular complexity index is 543. The lowest BCUT2D eigenvalue weighted by molar-refractivity contribution is 0.0936. The SMILES string of the molecule is CCC(NC(=O)c1cccnc1NN)c1nccs1. The number of hydrogen-bond acceptors (Lipinski definition) is 6. The number of rotatable bonds is 5. The largest absolute Gasteiger partial charge is 0.343 e. The number of thiazole rings is 1. The number of hydrogen-bond donors (Lipinski definition) is 3. The lowest BCUT2D eigenvalue weighted by Crippen LogP contribution is -2.29. The number of carbonyl (C=O) groups excluding carboxylic acids is 1. The molecule has 7 heteroatoms. The summed E-state index contributed by atoms with van der Waals surface area (Å²) in [6, 6.07) is 3.27. The molecule has 0 aliphatic rings. The van der Waals surface area contributed by atoms with Crippen molar-refractivity contribution in [1.29, 1.82) is 0 Å². The van der Waals surface area contributed by atoms with E-state index in [9.17, 15) is 4.79 Å². The molecule has 2 aromatic heterocycles. The zero-order valence-electron chi connectivity index (χ0n) is 10.5. The molecule has 0 fully saturated rings. The standard InChI is InChI=1S/C12H15N5OS/c1-2-9(12-15-6-7-19-12)16-11(18)8-4-3-5-14-10(8)17-13/h3-7,9H,2,13H2,1H3,(H,14,17)(H,16,18). The van der Waals surface area contributed by atoms with Crippen LogP contribution < -0.4 is 16.6 Å². The Hall–Kier alpha value is -1.99. The molecule has 4 N–H and O–H groups in total. The normalized spacial score (nSPS) is 11.9. The number of nitrogens with two attached hydrogens (primary N) is 1. The van der Waals surface area contributed by atoms with Crippen molar-refractivity contribution < 1.29 is 4.79 Å². The molecule has 0 aromatic carbocycles. The Kier molecular flexibility index (Phi) is 4.43. The summed E-state index contributed by atoms with van der Waals surface area (Å²) in [4.78, 5) is 20.4. The minimum atomic E-state index is -0.219. The van der Waals surface area contributed by atoms with Crippen LogP contribution in [0.5, 0.6) is 0 Å². The van der Waals surface area contributed by atoms with E-state index in [-0.39, 0.29) is 11.9 Å². The fourth-order valence-corrected chi connectivity index (χ4v) is 2.46. The third kappa shape index (κ3) is 3.07. The van der Waals surface area contributed by atoms with Gasteiger partial charge in [-0.3, -0.25) is 4.79 Å². The van der Waals surface area contributed by atoms with Crippen molar-refractivity contribution in [3.63, 3.8) is 0 Å². The molecular formula is C12H15N5OS. The van der Waals surface area contributed by atoms with E-state index in [1.54, 1.807) is 24.5 Å². The van der Waals surface area contributed by atoms with Gasteiger partial charge in [0.25, 0.3) is 5.91 Å². The van der Waals surface area contributed by atoms with Gasteiger partial charge in [0.2, 0.25) is 0 Å². The van der Waals surface area contributed by atoms with Crippen molar-refractivity contribution >= 4 is 23.1 Å². The van der Waals surface area contributed by atoms with Crippen molar-refractivity contribution in [3.05, 3.63) is 40.5 Å². The van der Waals surface area contributed by atoms with Crippen molar-refractivity contribution in [2.24, 2.45) is 5.84 Å². The van der Waals surface area contributed by atoms with Gasteiger partial charge >= 0.3 is 0 Å². The first-order valence-corrected chi connectivity index (χ1v) is 6.76. The first-order valence-electron chi connectivity index (χ1n) is 5.88. The van der Waals surface area contributed by atoms with Crippen molar-refractivity contribution in [2.75, 3.05) is 5.43 Å². The number of amides is 1. The monoisotopic (exact) mass is 277 g/mol. The van der Waals surface area contributed by atoms with Crippen LogP contribution in [-0.4, -0.2) is 15.9 Å². The van der Waals surface area contributed by atoms with E-state index in [0.29, 0.717) is 11.4 Å². The molecule has 0 aliphatic carbocycles. The lowest BCUT2D eigenvalue weighted by Gasteiger charge is -2.15. The number of nitrogen functional groups attached to an aromatic ring is 1. The highest BCUT2D eigenvalue weighted by Crippen LogP contribution is 2.20. The van der Waals surface area contributed by atoms with Gasteiger partial charge in [-0.15, -0.1) is 11.3 Å². The van der Waals surface area contributed by atoms with Crippen LogP contribution in [0.3, 0.4) is 0 Å². The quantitative estimate of drug-likeness (QED) is 0.571. The molecule has 1 unspecified atom stereocenters. The maximum atomic E-state index is 12.2. The summed E-state index contributed by atoms with van der Waals surface area (Å²) in [5.74, 6) is 5.48. The number of nitrogens with one attached hydrogen (secondary N) is 2. The third-order valence-corrected chi connectivity index (χ3v) is 3.54. The summed E-state index contributed by atoms with van der Waals surface area (Å²) >= 11 is 1.52. The number of aromatic nitrogens is 2. The number of anilines is 1. The minimum Gasteiger partial charge on any atom is -0.343 e. The fraction of sp³-hybridized carbons (Fsp3) is 0.250. The zero-order valence-corrected chi connectivity index (χ0v) is 11.3. The molecule has 0 spiro atoms. The molecule has 19 heavy (non-hydrogen) atoms. The smallest absolute Gasteiger partial charge is 0.255 e. The summed E-state index contributed by atoms with van der Waals surface area (Å²) in [5, 5.41) is 5.71. The minimum absolute atomic E-state index is 0.0988. The highest BCUT2D eigenvalue weighted by molar-refractivity contribution is 7.09. The molecule has 2 aromatic rings. The van der Waals surface area contributed by atoms with Crippen molar-refractivity contribution in [3.8, 4) is 0 Å². The summed E-state index contributed by atoms with van der Waals surface area (Å²) in [6.07, 6.45) is 4.07. The zero-order chi connectivity index (χ0) is 13.7. The van der Waals surface area contributed by atoms with Crippen LogP contribution in [0.1, 0.15) is 34.8 Å². The lowest BCUT2D eigenvalue weighted by atomic mass is 10.2. The Morgan fingerprint density at radius 1 is 1.47 bits per heavy atom. The summed E-state index contributed by atoms with van der Waals surface area (Å²) < 4.78 is 0. The molecule has 2 rings (SSSR count). The maximum absolute atomic E-state index is 12.2. The second kappa shape index (κ2) is 6.26. The van der Waals surface area contributed by atoms with Crippen LogP contribution in [0.4, 0.5) is 5.82 Å². The molecule has 0 bridgehead atoms. The topological polar surface area (TPSA) is 92.9 Å². The van der Waals surface area contributed by atoms with Crippen LogP contribution in [0.2, 0.25) is 0 Å². The predicted molar refractivity (Wildman–Crippen MR) is 74.7 cm³/mol. The van der Waals surface area contributed by atoms with Gasteiger partial charge in [-0.1, -0.05) is 6.92 Å². The second-order valence-electron chi connectivity index (χ2n) is 3.85. The van der Waals surface area contributed by atoms with E-state index < -0.39 is 0 Å². The summed E-state index contributed by atoms with van der Waals surface area (Å²) in [7, 11) is 0. The Labute approximate surface area is 115 Å². The van der Waals surface area contributed by atoms with Gasteiger partial charge in [-0.25, -0.2) is 15.8 Å². The molecule has 0 saturated heterocycles. The van der Waals surface area contributed by atoms with E-state index in [2.05, 4.69) is 20.7 Å². The average Bonchev–Trinajstić information content (AvgIpc) is 2.98. The highest BCUT2D eigenvalue weighted by atomic mass is 32.1. The number of pyridine rings is 1. The molecule has 100 valence electrons. The number of carbonyl (C=O) groups is 1. The molecule has 1 amide bonds. The Morgan fingerprint density at radius 2 is 2.32 bits per heavy atom. The van der Waals surface area contributed by atoms with Crippen molar-refractivity contribution in [2.45, 2.75) is 19.4 Å². The Balaban J connectivity index is 2.16. The van der Waals surface area contributed by atoms with Gasteiger partial charge in [0.15, 0.2) is 5.82 Å². The van der Waals surface area contributed by atoms with Crippen LogP contribution >= 0.6 is 11.3 Å². The fourth-order valence-electron chi connectivity index (χ4n) is 1.68. The summed E-state index contributed by atoms with van der Waals surface area (Å²) in [6.45, 7) is 2.00. The molecule has 0 aliphatic heterocycles. The third-order valence-electron chi connectivity index (χ3n) is 2.65. The van der Waals surface area contributed by atoms with Crippen molar-refractivity contribution in [1.82, 2.24) is 15.3 Å². The average molecular weight is 277 g/mol. The maximum Gasteiger partial charge on any atom is 0.255 e. The number of nitrogens with zero attached hydrogens (tertiary/aromatic N) is 2. The van der Waals surface area contributed by atoms with Gasteiger partial charge in [0.05, 0.1) is 11.6 Å². The molecule has 1 atom stereocenters. The van der Waals surface area contributed by atoms with Gasteiger partial charge < -0.3 is 10.7 Å². The second-order valence-corrected chi connectivity index (χ2v) is 4.77. The van der Waals surface area contributed by atoms with E-state index in [1.807, 2.05) is 12.3 Å². The van der Waals surface area contributed by atoms with Crippen LogP contribution in [0.15, 0.2) is 29.9 Å². The van der Waals surface area contributed by atoms with Crippen LogP contribution in [0, 0.1) is 0 Å². The van der Waals surface area contributed by atoms with E-state index in [1.165, 1.54) is 11.3 Å². The van der Waals surface area contributed by atoms with Crippen LogP contribution in [0.25, 0.3) is 0 Å². The van der Waals surface area contributed by atoms with Gasteiger partial charge in [-0.05, 0) is 18.6 Å². The molecular weight excluding hydrogens is 262 g/mol. The van der Waals surface area contributed by atoms with Gasteiger partial charge in [-0.2, -0.15) is 0 Å². The summed E-state index contributed by atoms with van der Waals surface area (Å²) in [5.41, 5.74) is 2.83. The van der Waals surface area contributed by atoms with Gasteiger partial charge in [0.1, 0.15) is 5.01 Å².